The van der Waals surface area contributed by atoms with Crippen LogP contribution in [0.4, 0.5) is 0 Å². The molecule has 2 aromatic rings. The number of hydrazine groups is 1. The third-order valence-electron chi connectivity index (χ3n) is 2.17. The summed E-state index contributed by atoms with van der Waals surface area (Å²) in [5.74, 6) is 6.37. The van der Waals surface area contributed by atoms with E-state index in [0.717, 1.165) is 16.7 Å². The topological polar surface area (TPSA) is 51.2 Å². The molecule has 2 aromatic heterocycles. The first-order chi connectivity index (χ1) is 7.31. The summed E-state index contributed by atoms with van der Waals surface area (Å²) in [6, 6.07) is 5.85. The van der Waals surface area contributed by atoms with Crippen molar-refractivity contribution in [3.05, 3.63) is 45.0 Å². The van der Waals surface area contributed by atoms with Crippen molar-refractivity contribution in [1.82, 2.24) is 5.43 Å². The third-order valence-corrected chi connectivity index (χ3v) is 4.12. The van der Waals surface area contributed by atoms with Crippen molar-refractivity contribution in [3.8, 4) is 0 Å². The monoisotopic (exact) mass is 286 g/mol. The van der Waals surface area contributed by atoms with Gasteiger partial charge in [-0.2, -0.15) is 0 Å². The molecule has 15 heavy (non-hydrogen) atoms. The van der Waals surface area contributed by atoms with Crippen molar-refractivity contribution in [1.29, 1.82) is 0 Å². The highest BCUT2D eigenvalue weighted by molar-refractivity contribution is 9.10. The van der Waals surface area contributed by atoms with Crippen molar-refractivity contribution in [2.24, 2.45) is 5.84 Å². The molecule has 5 heteroatoms. The lowest BCUT2D eigenvalue weighted by Gasteiger charge is -2.12. The standard InChI is InChI=1S/C10H11BrN2OS/c11-7-3-5-15-10(7)6-8(13-12)9-2-1-4-14-9/h1-5,8,13H,6,12H2. The summed E-state index contributed by atoms with van der Waals surface area (Å²) >= 11 is 5.20. The van der Waals surface area contributed by atoms with Gasteiger partial charge < -0.3 is 4.42 Å². The van der Waals surface area contributed by atoms with Crippen LogP contribution < -0.4 is 11.3 Å². The Balaban J connectivity index is 2.13. The van der Waals surface area contributed by atoms with Crippen LogP contribution >= 0.6 is 27.3 Å². The Morgan fingerprint density at radius 3 is 2.93 bits per heavy atom. The Labute approximate surface area is 100 Å². The first kappa shape index (κ1) is 10.9. The SMILES string of the molecule is NNC(Cc1sccc1Br)c1ccco1. The summed E-state index contributed by atoms with van der Waals surface area (Å²) in [7, 11) is 0. The predicted molar refractivity (Wildman–Crippen MR) is 64.5 cm³/mol. The van der Waals surface area contributed by atoms with E-state index in [9.17, 15) is 0 Å². The summed E-state index contributed by atoms with van der Waals surface area (Å²) < 4.78 is 6.45. The number of furan rings is 1. The summed E-state index contributed by atoms with van der Waals surface area (Å²) in [5.41, 5.74) is 2.76. The van der Waals surface area contributed by atoms with Gasteiger partial charge >= 0.3 is 0 Å². The second-order valence-electron chi connectivity index (χ2n) is 3.13. The second-order valence-corrected chi connectivity index (χ2v) is 4.99. The Morgan fingerprint density at radius 2 is 2.40 bits per heavy atom. The molecule has 3 N–H and O–H groups in total. The van der Waals surface area contributed by atoms with Crippen molar-refractivity contribution < 1.29 is 4.42 Å². The van der Waals surface area contributed by atoms with E-state index in [1.165, 1.54) is 4.88 Å². The lowest BCUT2D eigenvalue weighted by Crippen LogP contribution is -2.29. The van der Waals surface area contributed by atoms with Crippen LogP contribution in [0, 0.1) is 0 Å². The Bertz CT molecular complexity index is 413. The fraction of sp³-hybridized carbons (Fsp3) is 0.200. The Kier molecular flexibility index (Phi) is 3.58. The van der Waals surface area contributed by atoms with Gasteiger partial charge in [0.1, 0.15) is 5.76 Å². The quantitative estimate of drug-likeness (QED) is 0.671. The number of halogens is 1. The Hall–Kier alpha value is -0.620. The zero-order valence-electron chi connectivity index (χ0n) is 7.94. The minimum Gasteiger partial charge on any atom is -0.468 e. The first-order valence-electron chi connectivity index (χ1n) is 4.52. The lowest BCUT2D eigenvalue weighted by atomic mass is 10.1. The maximum Gasteiger partial charge on any atom is 0.122 e. The average molecular weight is 287 g/mol. The number of thiophene rings is 1. The fourth-order valence-corrected chi connectivity index (χ4v) is 2.95. The van der Waals surface area contributed by atoms with Gasteiger partial charge in [-0.15, -0.1) is 11.3 Å². The van der Waals surface area contributed by atoms with E-state index in [1.807, 2.05) is 18.2 Å². The number of hydrogen-bond donors (Lipinski definition) is 2. The molecule has 0 fully saturated rings. The van der Waals surface area contributed by atoms with E-state index in [-0.39, 0.29) is 6.04 Å². The third kappa shape index (κ3) is 2.49. The average Bonchev–Trinajstić information content (AvgIpc) is 2.86. The highest BCUT2D eigenvalue weighted by Gasteiger charge is 2.15. The zero-order chi connectivity index (χ0) is 10.7. The molecular formula is C10H11BrN2OS. The van der Waals surface area contributed by atoms with Gasteiger partial charge in [0.15, 0.2) is 0 Å². The molecule has 0 aliphatic carbocycles. The molecule has 0 saturated carbocycles. The van der Waals surface area contributed by atoms with E-state index in [1.54, 1.807) is 17.6 Å². The van der Waals surface area contributed by atoms with Gasteiger partial charge in [-0.1, -0.05) is 0 Å². The largest absolute Gasteiger partial charge is 0.468 e. The summed E-state index contributed by atoms with van der Waals surface area (Å²) in [5, 5.41) is 2.05. The molecule has 0 aliphatic heterocycles. The molecule has 1 atom stereocenters. The van der Waals surface area contributed by atoms with Crippen molar-refractivity contribution in [2.75, 3.05) is 0 Å². The molecule has 2 heterocycles. The van der Waals surface area contributed by atoms with Crippen LogP contribution in [-0.2, 0) is 6.42 Å². The molecule has 1 unspecified atom stereocenters. The Morgan fingerprint density at radius 1 is 1.53 bits per heavy atom. The molecule has 0 aromatic carbocycles. The molecular weight excluding hydrogens is 276 g/mol. The molecule has 80 valence electrons. The number of nitrogens with two attached hydrogens (primary N) is 1. The van der Waals surface area contributed by atoms with Gasteiger partial charge in [-0.25, -0.2) is 5.43 Å². The maximum absolute atomic E-state index is 5.51. The molecule has 0 amide bonds. The van der Waals surface area contributed by atoms with Crippen molar-refractivity contribution >= 4 is 27.3 Å². The second kappa shape index (κ2) is 4.94. The highest BCUT2D eigenvalue weighted by Crippen LogP contribution is 2.27. The highest BCUT2D eigenvalue weighted by atomic mass is 79.9. The zero-order valence-corrected chi connectivity index (χ0v) is 10.3. The predicted octanol–water partition coefficient (Wildman–Crippen LogP) is 2.85. The molecule has 2 rings (SSSR count). The smallest absolute Gasteiger partial charge is 0.122 e. The van der Waals surface area contributed by atoms with E-state index in [2.05, 4.69) is 26.7 Å². The van der Waals surface area contributed by atoms with Crippen LogP contribution in [0.3, 0.4) is 0 Å². The minimum atomic E-state index is 0.0231. The molecule has 0 saturated heterocycles. The van der Waals surface area contributed by atoms with Gasteiger partial charge in [0.25, 0.3) is 0 Å². The van der Waals surface area contributed by atoms with Gasteiger partial charge in [-0.05, 0) is 39.5 Å². The number of nitrogens with one attached hydrogen (secondary N) is 1. The molecule has 3 nitrogen and oxygen atoms in total. The molecule has 0 radical (unpaired) electrons. The van der Waals surface area contributed by atoms with Crippen LogP contribution in [0.2, 0.25) is 0 Å². The van der Waals surface area contributed by atoms with Gasteiger partial charge in [0.05, 0.1) is 12.3 Å². The molecule has 0 bridgehead atoms. The van der Waals surface area contributed by atoms with E-state index >= 15 is 0 Å². The lowest BCUT2D eigenvalue weighted by molar-refractivity contribution is 0.417. The van der Waals surface area contributed by atoms with Gasteiger partial charge in [-0.3, -0.25) is 5.84 Å². The van der Waals surface area contributed by atoms with Gasteiger partial charge in [0, 0.05) is 15.8 Å². The molecule has 0 spiro atoms. The van der Waals surface area contributed by atoms with Gasteiger partial charge in [0.2, 0.25) is 0 Å². The number of rotatable bonds is 4. The van der Waals surface area contributed by atoms with E-state index in [0.29, 0.717) is 0 Å². The van der Waals surface area contributed by atoms with Crippen LogP contribution in [-0.4, -0.2) is 0 Å². The van der Waals surface area contributed by atoms with Crippen molar-refractivity contribution in [2.45, 2.75) is 12.5 Å². The summed E-state index contributed by atoms with van der Waals surface area (Å²) in [6.07, 6.45) is 2.48. The first-order valence-corrected chi connectivity index (χ1v) is 6.20. The normalized spacial score (nSPS) is 12.9. The van der Waals surface area contributed by atoms with Crippen LogP contribution in [0.25, 0.3) is 0 Å². The minimum absolute atomic E-state index is 0.0231. The number of hydrogen-bond acceptors (Lipinski definition) is 4. The van der Waals surface area contributed by atoms with Crippen LogP contribution in [0.5, 0.6) is 0 Å². The van der Waals surface area contributed by atoms with E-state index < -0.39 is 0 Å². The fourth-order valence-electron chi connectivity index (χ4n) is 1.39. The van der Waals surface area contributed by atoms with E-state index in [4.69, 9.17) is 10.3 Å². The van der Waals surface area contributed by atoms with Crippen molar-refractivity contribution in [3.63, 3.8) is 0 Å². The summed E-state index contributed by atoms with van der Waals surface area (Å²) in [4.78, 5) is 1.26. The van der Waals surface area contributed by atoms with Crippen LogP contribution in [0.15, 0.2) is 38.7 Å². The van der Waals surface area contributed by atoms with Crippen LogP contribution in [0.1, 0.15) is 16.7 Å². The maximum atomic E-state index is 5.51. The molecule has 0 aliphatic rings. The summed E-state index contributed by atoms with van der Waals surface area (Å²) in [6.45, 7) is 0.